The molecule has 2 rings (SSSR count). The number of ether oxygens (including phenoxy) is 1. The van der Waals surface area contributed by atoms with E-state index in [1.54, 1.807) is 0 Å². The Hall–Kier alpha value is -1.36. The molecule has 2 N–H and O–H groups in total. The number of hydrogen-bond acceptors (Lipinski definition) is 4. The maximum atomic E-state index is 11.6. The summed E-state index contributed by atoms with van der Waals surface area (Å²) in [4.78, 5) is 18.8. The van der Waals surface area contributed by atoms with E-state index < -0.39 is 0 Å². The Balaban J connectivity index is 2.11. The first-order valence-corrected chi connectivity index (χ1v) is 6.54. The molecule has 1 aromatic rings. The fraction of sp³-hybridized carbons (Fsp3) is 0.692. The van der Waals surface area contributed by atoms with E-state index in [-0.39, 0.29) is 17.6 Å². The first-order chi connectivity index (χ1) is 8.54. The maximum absolute atomic E-state index is 11.6. The minimum Gasteiger partial charge on any atom is -0.378 e. The van der Waals surface area contributed by atoms with E-state index in [1.807, 2.05) is 13.8 Å². The monoisotopic (exact) mass is 251 g/mol. The molecule has 0 bridgehead atoms. The fourth-order valence-corrected chi connectivity index (χ4v) is 2.16. The van der Waals surface area contributed by atoms with Gasteiger partial charge in [0.05, 0.1) is 6.10 Å². The summed E-state index contributed by atoms with van der Waals surface area (Å²) in [6.07, 6.45) is 2.17. The average Bonchev–Trinajstić information content (AvgIpc) is 2.28. The standard InChI is InChI=1S/C13H21N3O2/c1-8(2)13-15-11(7-12(17)16-13)14-10-4-5-18-9(3)6-10/h7-10H,4-6H2,1-3H3,(H2,14,15,16,17). The second kappa shape index (κ2) is 5.52. The van der Waals surface area contributed by atoms with Gasteiger partial charge in [-0.15, -0.1) is 0 Å². The van der Waals surface area contributed by atoms with E-state index in [9.17, 15) is 4.79 Å². The van der Waals surface area contributed by atoms with Crippen LogP contribution in [0.3, 0.4) is 0 Å². The van der Waals surface area contributed by atoms with Crippen molar-refractivity contribution >= 4 is 5.82 Å². The van der Waals surface area contributed by atoms with Gasteiger partial charge in [0.2, 0.25) is 0 Å². The second-order valence-corrected chi connectivity index (χ2v) is 5.22. The lowest BCUT2D eigenvalue weighted by molar-refractivity contribution is 0.0232. The summed E-state index contributed by atoms with van der Waals surface area (Å²) in [5.74, 6) is 1.61. The molecular formula is C13H21N3O2. The fourth-order valence-electron chi connectivity index (χ4n) is 2.16. The van der Waals surface area contributed by atoms with Crippen molar-refractivity contribution in [3.05, 3.63) is 22.2 Å². The third kappa shape index (κ3) is 3.32. The number of H-pyrrole nitrogens is 1. The minimum atomic E-state index is -0.101. The molecule has 0 saturated carbocycles. The van der Waals surface area contributed by atoms with E-state index in [2.05, 4.69) is 22.2 Å². The molecule has 18 heavy (non-hydrogen) atoms. The van der Waals surface area contributed by atoms with Gasteiger partial charge in [0.15, 0.2) is 0 Å². The molecule has 0 aromatic carbocycles. The molecule has 1 aliphatic heterocycles. The van der Waals surface area contributed by atoms with Crippen molar-refractivity contribution in [2.75, 3.05) is 11.9 Å². The third-order valence-corrected chi connectivity index (χ3v) is 3.14. The van der Waals surface area contributed by atoms with Gasteiger partial charge < -0.3 is 15.0 Å². The van der Waals surface area contributed by atoms with E-state index in [0.29, 0.717) is 11.9 Å². The summed E-state index contributed by atoms with van der Waals surface area (Å²) >= 11 is 0. The molecule has 0 aliphatic carbocycles. The first kappa shape index (κ1) is 13.1. The van der Waals surface area contributed by atoms with E-state index >= 15 is 0 Å². The number of rotatable bonds is 3. The van der Waals surface area contributed by atoms with Crippen molar-refractivity contribution in [2.45, 2.75) is 51.7 Å². The Labute approximate surface area is 107 Å². The van der Waals surface area contributed by atoms with Crippen LogP contribution in [0.5, 0.6) is 0 Å². The minimum absolute atomic E-state index is 0.101. The highest BCUT2D eigenvalue weighted by Crippen LogP contribution is 2.17. The molecular weight excluding hydrogens is 230 g/mol. The summed E-state index contributed by atoms with van der Waals surface area (Å²) in [7, 11) is 0. The summed E-state index contributed by atoms with van der Waals surface area (Å²) in [6.45, 7) is 6.86. The van der Waals surface area contributed by atoms with E-state index in [4.69, 9.17) is 4.74 Å². The lowest BCUT2D eigenvalue weighted by Gasteiger charge is -2.28. The van der Waals surface area contributed by atoms with Gasteiger partial charge in [-0.25, -0.2) is 4.98 Å². The summed E-state index contributed by atoms with van der Waals surface area (Å²) in [6, 6.07) is 1.86. The highest BCUT2D eigenvalue weighted by molar-refractivity contribution is 5.34. The molecule has 0 amide bonds. The van der Waals surface area contributed by atoms with Crippen molar-refractivity contribution in [3.8, 4) is 0 Å². The molecule has 1 aliphatic rings. The molecule has 1 fully saturated rings. The smallest absolute Gasteiger partial charge is 0.252 e. The molecule has 0 radical (unpaired) electrons. The molecule has 2 heterocycles. The van der Waals surface area contributed by atoms with E-state index in [0.717, 1.165) is 25.3 Å². The van der Waals surface area contributed by atoms with Crippen molar-refractivity contribution < 1.29 is 4.74 Å². The van der Waals surface area contributed by atoms with Gasteiger partial charge in [0, 0.05) is 24.6 Å². The molecule has 1 saturated heterocycles. The maximum Gasteiger partial charge on any atom is 0.252 e. The van der Waals surface area contributed by atoms with Crippen LogP contribution in [0.25, 0.3) is 0 Å². The predicted molar refractivity (Wildman–Crippen MR) is 71.0 cm³/mol. The first-order valence-electron chi connectivity index (χ1n) is 6.54. The molecule has 2 unspecified atom stereocenters. The topological polar surface area (TPSA) is 67.0 Å². The highest BCUT2D eigenvalue weighted by atomic mass is 16.5. The number of nitrogens with zero attached hydrogens (tertiary/aromatic N) is 1. The predicted octanol–water partition coefficient (Wildman–Crippen LogP) is 1.87. The Morgan fingerprint density at radius 2 is 2.33 bits per heavy atom. The quantitative estimate of drug-likeness (QED) is 0.860. The normalized spacial score (nSPS) is 24.2. The van der Waals surface area contributed by atoms with Crippen LogP contribution in [0.4, 0.5) is 5.82 Å². The highest BCUT2D eigenvalue weighted by Gasteiger charge is 2.19. The Morgan fingerprint density at radius 3 is 3.00 bits per heavy atom. The van der Waals surface area contributed by atoms with Crippen LogP contribution in [0.15, 0.2) is 10.9 Å². The van der Waals surface area contributed by atoms with Crippen LogP contribution < -0.4 is 10.9 Å². The van der Waals surface area contributed by atoms with Gasteiger partial charge in [0.1, 0.15) is 11.6 Å². The number of nitrogens with one attached hydrogen (secondary N) is 2. The van der Waals surface area contributed by atoms with Crippen LogP contribution in [-0.2, 0) is 4.74 Å². The van der Waals surface area contributed by atoms with Gasteiger partial charge >= 0.3 is 0 Å². The molecule has 1 aromatic heterocycles. The molecule has 5 nitrogen and oxygen atoms in total. The Bertz CT molecular complexity index is 456. The number of aromatic nitrogens is 2. The SMILES string of the molecule is CC1CC(Nc2cc(=O)[nH]c(C(C)C)n2)CCO1. The van der Waals surface area contributed by atoms with Crippen molar-refractivity contribution in [1.29, 1.82) is 0 Å². The number of aromatic amines is 1. The lowest BCUT2D eigenvalue weighted by Crippen LogP contribution is -2.33. The van der Waals surface area contributed by atoms with Crippen LogP contribution in [0.2, 0.25) is 0 Å². The Kier molecular flexibility index (Phi) is 4.01. The van der Waals surface area contributed by atoms with Gasteiger partial charge in [-0.05, 0) is 19.8 Å². The largest absolute Gasteiger partial charge is 0.378 e. The molecule has 100 valence electrons. The van der Waals surface area contributed by atoms with Crippen molar-refractivity contribution in [2.24, 2.45) is 0 Å². The van der Waals surface area contributed by atoms with E-state index in [1.165, 1.54) is 6.07 Å². The molecule has 2 atom stereocenters. The zero-order valence-corrected chi connectivity index (χ0v) is 11.2. The van der Waals surface area contributed by atoms with Crippen LogP contribution >= 0.6 is 0 Å². The van der Waals surface area contributed by atoms with Crippen LogP contribution in [-0.4, -0.2) is 28.7 Å². The second-order valence-electron chi connectivity index (χ2n) is 5.22. The van der Waals surface area contributed by atoms with Crippen molar-refractivity contribution in [3.63, 3.8) is 0 Å². The van der Waals surface area contributed by atoms with Crippen LogP contribution in [0.1, 0.15) is 45.4 Å². The number of anilines is 1. The zero-order valence-electron chi connectivity index (χ0n) is 11.2. The summed E-state index contributed by atoms with van der Waals surface area (Å²) in [5, 5.41) is 3.34. The third-order valence-electron chi connectivity index (χ3n) is 3.14. The molecule has 5 heteroatoms. The molecule has 0 spiro atoms. The zero-order chi connectivity index (χ0) is 13.1. The average molecular weight is 251 g/mol. The Morgan fingerprint density at radius 1 is 1.56 bits per heavy atom. The van der Waals surface area contributed by atoms with Gasteiger partial charge in [0.25, 0.3) is 5.56 Å². The van der Waals surface area contributed by atoms with Crippen LogP contribution in [0, 0.1) is 0 Å². The van der Waals surface area contributed by atoms with Gasteiger partial charge in [-0.1, -0.05) is 13.8 Å². The van der Waals surface area contributed by atoms with Gasteiger partial charge in [-0.3, -0.25) is 4.79 Å². The lowest BCUT2D eigenvalue weighted by atomic mass is 10.0. The summed E-state index contributed by atoms with van der Waals surface area (Å²) < 4.78 is 5.50. The van der Waals surface area contributed by atoms with Gasteiger partial charge in [-0.2, -0.15) is 0 Å². The number of hydrogen-bond donors (Lipinski definition) is 2. The van der Waals surface area contributed by atoms with Crippen molar-refractivity contribution in [1.82, 2.24) is 9.97 Å². The summed E-state index contributed by atoms with van der Waals surface area (Å²) in [5.41, 5.74) is -0.101.